The molecular weight excluding hydrogens is 390 g/mol. The third-order valence-corrected chi connectivity index (χ3v) is 4.56. The van der Waals surface area contributed by atoms with Gasteiger partial charge < -0.3 is 5.73 Å². The fourth-order valence-electron chi connectivity index (χ4n) is 2.56. The maximum atomic E-state index is 13.1. The molecule has 1 aromatic heterocycles. The highest BCUT2D eigenvalue weighted by Gasteiger charge is 2.21. The Kier molecular flexibility index (Phi) is 5.80. The normalized spacial score (nSPS) is 12.2. The molecule has 0 aliphatic rings. The van der Waals surface area contributed by atoms with E-state index < -0.39 is 0 Å². The van der Waals surface area contributed by atoms with Gasteiger partial charge in [0.25, 0.3) is 5.56 Å². The second kappa shape index (κ2) is 7.47. The summed E-state index contributed by atoms with van der Waals surface area (Å²) >= 11 is 3.46. The number of para-hydroxylation sites is 1. The van der Waals surface area contributed by atoms with Crippen molar-refractivity contribution in [1.82, 2.24) is 9.55 Å². The topological polar surface area (TPSA) is 60.9 Å². The summed E-state index contributed by atoms with van der Waals surface area (Å²) in [6.07, 6.45) is 0. The molecule has 0 amide bonds. The van der Waals surface area contributed by atoms with Crippen molar-refractivity contribution in [2.45, 2.75) is 19.9 Å². The average Bonchev–Trinajstić information content (AvgIpc) is 2.54. The zero-order chi connectivity index (χ0) is 16.6. The summed E-state index contributed by atoms with van der Waals surface area (Å²) in [5.74, 6) is 0.753. The van der Waals surface area contributed by atoms with E-state index in [2.05, 4.69) is 15.9 Å². The lowest BCUT2D eigenvalue weighted by Gasteiger charge is -2.21. The number of aromatic nitrogens is 2. The van der Waals surface area contributed by atoms with Crippen LogP contribution >= 0.6 is 28.3 Å². The first-order chi connectivity index (χ1) is 11.0. The van der Waals surface area contributed by atoms with Crippen LogP contribution in [0.3, 0.4) is 0 Å². The van der Waals surface area contributed by atoms with Gasteiger partial charge in [0, 0.05) is 4.47 Å². The molecule has 3 aromatic rings. The molecule has 1 heterocycles. The number of halogens is 2. The SMILES string of the molecule is CC(C)C(N)c1nc2cccc(Br)c2c(=O)n1-c1ccccc1.Cl. The molecule has 1 unspecified atom stereocenters. The van der Waals surface area contributed by atoms with E-state index in [0.717, 1.165) is 10.2 Å². The maximum absolute atomic E-state index is 13.1. The predicted octanol–water partition coefficient (Wildman–Crippen LogP) is 4.23. The largest absolute Gasteiger partial charge is 0.321 e. The number of hydrogen-bond acceptors (Lipinski definition) is 3. The molecule has 0 aliphatic carbocycles. The molecule has 126 valence electrons. The molecule has 0 fully saturated rings. The molecule has 2 N–H and O–H groups in total. The van der Waals surface area contributed by atoms with Crippen molar-refractivity contribution < 1.29 is 0 Å². The lowest BCUT2D eigenvalue weighted by Crippen LogP contribution is -2.30. The molecular formula is C18H19BrClN3O. The molecule has 2 aromatic carbocycles. The number of nitrogens with two attached hydrogens (primary N) is 1. The standard InChI is InChI=1S/C18H18BrN3O.ClH/c1-11(2)16(20)17-21-14-10-6-9-13(19)15(14)18(23)22(17)12-7-4-3-5-8-12;/h3-11,16H,20H2,1-2H3;1H. The molecule has 6 heteroatoms. The monoisotopic (exact) mass is 407 g/mol. The quantitative estimate of drug-likeness (QED) is 0.705. The van der Waals surface area contributed by atoms with Gasteiger partial charge in [0.1, 0.15) is 5.82 Å². The van der Waals surface area contributed by atoms with Gasteiger partial charge in [0.05, 0.1) is 22.6 Å². The van der Waals surface area contributed by atoms with Crippen LogP contribution in [0.2, 0.25) is 0 Å². The van der Waals surface area contributed by atoms with Gasteiger partial charge in [-0.3, -0.25) is 9.36 Å². The highest BCUT2D eigenvalue weighted by Crippen LogP contribution is 2.24. The third kappa shape index (κ3) is 3.24. The summed E-state index contributed by atoms with van der Waals surface area (Å²) in [5.41, 5.74) is 7.66. The van der Waals surface area contributed by atoms with E-state index in [1.807, 2.05) is 62.4 Å². The Hall–Kier alpha value is -1.69. The van der Waals surface area contributed by atoms with Crippen molar-refractivity contribution in [1.29, 1.82) is 0 Å². The van der Waals surface area contributed by atoms with Gasteiger partial charge in [-0.1, -0.05) is 38.1 Å². The summed E-state index contributed by atoms with van der Waals surface area (Å²) in [4.78, 5) is 17.8. The summed E-state index contributed by atoms with van der Waals surface area (Å²) in [7, 11) is 0. The molecule has 0 spiro atoms. The first kappa shape index (κ1) is 18.6. The van der Waals surface area contributed by atoms with Crippen molar-refractivity contribution in [2.24, 2.45) is 11.7 Å². The van der Waals surface area contributed by atoms with Crippen LogP contribution in [0, 0.1) is 5.92 Å². The highest BCUT2D eigenvalue weighted by molar-refractivity contribution is 9.10. The van der Waals surface area contributed by atoms with Crippen molar-refractivity contribution in [3.63, 3.8) is 0 Å². The Morgan fingerprint density at radius 1 is 1.08 bits per heavy atom. The lowest BCUT2D eigenvalue weighted by atomic mass is 10.0. The van der Waals surface area contributed by atoms with Gasteiger partial charge in [-0.25, -0.2) is 4.98 Å². The van der Waals surface area contributed by atoms with E-state index in [-0.39, 0.29) is 29.9 Å². The molecule has 24 heavy (non-hydrogen) atoms. The van der Waals surface area contributed by atoms with Crippen molar-refractivity contribution >= 4 is 39.2 Å². The van der Waals surface area contributed by atoms with Crippen LogP contribution in [-0.4, -0.2) is 9.55 Å². The Morgan fingerprint density at radius 3 is 2.38 bits per heavy atom. The second-order valence-electron chi connectivity index (χ2n) is 5.85. The van der Waals surface area contributed by atoms with Gasteiger partial charge in [0.2, 0.25) is 0 Å². The van der Waals surface area contributed by atoms with Gasteiger partial charge in [-0.15, -0.1) is 12.4 Å². The van der Waals surface area contributed by atoms with Crippen molar-refractivity contribution in [3.05, 3.63) is 69.2 Å². The summed E-state index contributed by atoms with van der Waals surface area (Å²) in [6.45, 7) is 4.05. The number of hydrogen-bond donors (Lipinski definition) is 1. The second-order valence-corrected chi connectivity index (χ2v) is 6.70. The van der Waals surface area contributed by atoms with Gasteiger partial charge in [0.15, 0.2) is 0 Å². The van der Waals surface area contributed by atoms with Crippen LogP contribution in [0.5, 0.6) is 0 Å². The maximum Gasteiger partial charge on any atom is 0.267 e. The molecule has 0 radical (unpaired) electrons. The zero-order valence-electron chi connectivity index (χ0n) is 13.4. The first-order valence-electron chi connectivity index (χ1n) is 7.53. The number of rotatable bonds is 3. The molecule has 1 atom stereocenters. The Bertz CT molecular complexity index is 909. The lowest BCUT2D eigenvalue weighted by molar-refractivity contribution is 0.480. The van der Waals surface area contributed by atoms with Crippen LogP contribution in [0.15, 0.2) is 57.8 Å². The van der Waals surface area contributed by atoms with E-state index in [0.29, 0.717) is 16.7 Å². The van der Waals surface area contributed by atoms with Gasteiger partial charge >= 0.3 is 0 Å². The summed E-state index contributed by atoms with van der Waals surface area (Å²) in [5, 5.41) is 0.566. The molecule has 0 saturated heterocycles. The first-order valence-corrected chi connectivity index (χ1v) is 8.32. The predicted molar refractivity (Wildman–Crippen MR) is 104 cm³/mol. The van der Waals surface area contributed by atoms with E-state index >= 15 is 0 Å². The smallest absolute Gasteiger partial charge is 0.267 e. The number of nitrogens with zero attached hydrogens (tertiary/aromatic N) is 2. The van der Waals surface area contributed by atoms with Crippen LogP contribution in [-0.2, 0) is 0 Å². The van der Waals surface area contributed by atoms with E-state index in [4.69, 9.17) is 10.7 Å². The van der Waals surface area contributed by atoms with Crippen molar-refractivity contribution in [2.75, 3.05) is 0 Å². The summed E-state index contributed by atoms with van der Waals surface area (Å²) < 4.78 is 2.36. The van der Waals surface area contributed by atoms with Gasteiger partial charge in [-0.05, 0) is 46.1 Å². The minimum Gasteiger partial charge on any atom is -0.321 e. The third-order valence-electron chi connectivity index (χ3n) is 3.90. The fourth-order valence-corrected chi connectivity index (χ4v) is 3.08. The van der Waals surface area contributed by atoms with Gasteiger partial charge in [-0.2, -0.15) is 0 Å². The molecule has 0 saturated carbocycles. The molecule has 0 aliphatic heterocycles. The fraction of sp³-hybridized carbons (Fsp3) is 0.222. The van der Waals surface area contributed by atoms with Crippen LogP contribution in [0.4, 0.5) is 0 Å². The average molecular weight is 409 g/mol. The minimum absolute atomic E-state index is 0. The Morgan fingerprint density at radius 2 is 1.75 bits per heavy atom. The number of benzene rings is 2. The van der Waals surface area contributed by atoms with Crippen LogP contribution in [0.25, 0.3) is 16.6 Å². The minimum atomic E-state index is -0.328. The Balaban J connectivity index is 0.00000208. The van der Waals surface area contributed by atoms with Crippen molar-refractivity contribution in [3.8, 4) is 5.69 Å². The summed E-state index contributed by atoms with van der Waals surface area (Å²) in [6, 6.07) is 14.7. The molecule has 4 nitrogen and oxygen atoms in total. The molecule has 0 bridgehead atoms. The van der Waals surface area contributed by atoms with E-state index in [1.54, 1.807) is 4.57 Å². The highest BCUT2D eigenvalue weighted by atomic mass is 79.9. The molecule has 3 rings (SSSR count). The Labute approximate surface area is 155 Å². The van der Waals surface area contributed by atoms with Crippen LogP contribution in [0.1, 0.15) is 25.7 Å². The zero-order valence-corrected chi connectivity index (χ0v) is 15.8. The number of fused-ring (bicyclic) bond motifs is 1. The van der Waals surface area contributed by atoms with E-state index in [1.165, 1.54) is 0 Å². The van der Waals surface area contributed by atoms with Crippen LogP contribution < -0.4 is 11.3 Å². The van der Waals surface area contributed by atoms with E-state index in [9.17, 15) is 4.79 Å².